The smallest absolute Gasteiger partial charge is 0.0638 e. The topological polar surface area (TPSA) is 32.3 Å². The molecule has 0 aromatic heterocycles. The van der Waals surface area contributed by atoms with Crippen LogP contribution in [-0.2, 0) is 10.8 Å². The molecule has 1 aliphatic heterocycles. The molecule has 1 heterocycles. The van der Waals surface area contributed by atoms with Gasteiger partial charge in [0.2, 0.25) is 0 Å². The highest BCUT2D eigenvalue weighted by Crippen LogP contribution is 2.46. The van der Waals surface area contributed by atoms with Crippen LogP contribution in [0.1, 0.15) is 47.9 Å². The summed E-state index contributed by atoms with van der Waals surface area (Å²) in [6.45, 7) is 1.84. The normalized spacial score (nSPS) is 16.4. The predicted octanol–water partition coefficient (Wildman–Crippen LogP) is 7.14. The fraction of sp³-hybridized carbons (Fsp3) is 0.273. The molecule has 0 radical (unpaired) electrons. The summed E-state index contributed by atoms with van der Waals surface area (Å²) < 4.78 is 0. The van der Waals surface area contributed by atoms with E-state index in [0.29, 0.717) is 6.42 Å². The fourth-order valence-electron chi connectivity index (χ4n) is 6.20. The minimum atomic E-state index is -0.457. The van der Waals surface area contributed by atoms with Gasteiger partial charge in [0, 0.05) is 15.9 Å². The first kappa shape index (κ1) is 24.8. The van der Waals surface area contributed by atoms with E-state index in [0.717, 1.165) is 37.4 Å². The molecule has 0 saturated carbocycles. The van der Waals surface area contributed by atoms with Crippen LogP contribution in [0.2, 0.25) is 5.02 Å². The minimum absolute atomic E-state index is 0.244. The van der Waals surface area contributed by atoms with Crippen molar-refractivity contribution in [1.82, 2.24) is 5.32 Å². The summed E-state index contributed by atoms with van der Waals surface area (Å²) in [6.07, 6.45) is 2.87. The second kappa shape index (κ2) is 11.0. The number of benzene rings is 4. The molecule has 0 spiro atoms. The Hall–Kier alpha value is -2.91. The molecule has 1 atom stereocenters. The maximum atomic E-state index is 12.0. The predicted molar refractivity (Wildman–Crippen MR) is 150 cm³/mol. The number of piperidine rings is 1. The molecule has 1 saturated heterocycles. The van der Waals surface area contributed by atoms with Crippen LogP contribution in [0.25, 0.3) is 0 Å². The summed E-state index contributed by atoms with van der Waals surface area (Å²) in [5.41, 5.74) is 4.24. The molecule has 0 aliphatic carbocycles. The zero-order chi connectivity index (χ0) is 24.8. The maximum Gasteiger partial charge on any atom is 0.0638 e. The van der Waals surface area contributed by atoms with Crippen molar-refractivity contribution >= 4 is 11.6 Å². The first-order valence-corrected chi connectivity index (χ1v) is 13.3. The molecule has 36 heavy (non-hydrogen) atoms. The Morgan fingerprint density at radius 3 is 1.69 bits per heavy atom. The zero-order valence-corrected chi connectivity index (χ0v) is 21.4. The SMILES string of the molecule is OC(CCC(c1ccccc1)(c1ccccc1)c1ccc(Cl)cc1)C1(c2ccccc2)CCNCC1. The zero-order valence-electron chi connectivity index (χ0n) is 20.6. The molecule has 1 aliphatic rings. The van der Waals surface area contributed by atoms with Gasteiger partial charge in [-0.25, -0.2) is 0 Å². The van der Waals surface area contributed by atoms with E-state index in [1.807, 2.05) is 12.1 Å². The van der Waals surface area contributed by atoms with Crippen LogP contribution >= 0.6 is 11.6 Å². The summed E-state index contributed by atoms with van der Waals surface area (Å²) in [6, 6.07) is 40.3. The van der Waals surface area contributed by atoms with Crippen LogP contribution in [0.15, 0.2) is 115 Å². The Morgan fingerprint density at radius 2 is 1.17 bits per heavy atom. The molecular weight excluding hydrogens is 462 g/mol. The number of hydrogen-bond acceptors (Lipinski definition) is 2. The lowest BCUT2D eigenvalue weighted by molar-refractivity contribution is 0.0467. The second-order valence-electron chi connectivity index (χ2n) is 9.97. The summed E-state index contributed by atoms with van der Waals surface area (Å²) in [4.78, 5) is 0. The largest absolute Gasteiger partial charge is 0.392 e. The van der Waals surface area contributed by atoms with Crippen molar-refractivity contribution in [1.29, 1.82) is 0 Å². The molecule has 0 amide bonds. The van der Waals surface area contributed by atoms with Gasteiger partial charge in [-0.2, -0.15) is 0 Å². The number of rotatable bonds is 8. The highest BCUT2D eigenvalue weighted by atomic mass is 35.5. The van der Waals surface area contributed by atoms with Gasteiger partial charge in [-0.05, 0) is 73.2 Å². The molecular formula is C33H34ClNO. The lowest BCUT2D eigenvalue weighted by Crippen LogP contribution is -2.48. The van der Waals surface area contributed by atoms with E-state index in [-0.39, 0.29) is 5.41 Å². The van der Waals surface area contributed by atoms with Gasteiger partial charge in [0.15, 0.2) is 0 Å². The molecule has 2 nitrogen and oxygen atoms in total. The van der Waals surface area contributed by atoms with E-state index in [1.54, 1.807) is 0 Å². The number of halogens is 1. The van der Waals surface area contributed by atoms with Gasteiger partial charge >= 0.3 is 0 Å². The highest BCUT2D eigenvalue weighted by molar-refractivity contribution is 6.30. The third kappa shape index (κ3) is 4.74. The van der Waals surface area contributed by atoms with Gasteiger partial charge in [-0.3, -0.25) is 0 Å². The van der Waals surface area contributed by atoms with Crippen molar-refractivity contribution in [2.24, 2.45) is 0 Å². The van der Waals surface area contributed by atoms with Crippen molar-refractivity contribution in [2.75, 3.05) is 13.1 Å². The number of aliphatic hydroxyl groups is 1. The summed E-state index contributed by atoms with van der Waals surface area (Å²) in [7, 11) is 0. The van der Waals surface area contributed by atoms with E-state index in [1.165, 1.54) is 22.3 Å². The summed E-state index contributed by atoms with van der Waals surface area (Å²) in [5.74, 6) is 0. The summed E-state index contributed by atoms with van der Waals surface area (Å²) >= 11 is 6.32. The Bertz CT molecular complexity index is 1180. The van der Waals surface area contributed by atoms with Gasteiger partial charge in [0.05, 0.1) is 6.10 Å². The van der Waals surface area contributed by atoms with Gasteiger partial charge < -0.3 is 10.4 Å². The summed E-state index contributed by atoms with van der Waals surface area (Å²) in [5, 5.41) is 16.2. The Labute approximate surface area is 220 Å². The van der Waals surface area contributed by atoms with Crippen molar-refractivity contribution in [3.63, 3.8) is 0 Å². The van der Waals surface area contributed by atoms with Crippen LogP contribution in [0, 0.1) is 0 Å². The van der Waals surface area contributed by atoms with Crippen molar-refractivity contribution in [3.05, 3.63) is 143 Å². The van der Waals surface area contributed by atoms with Gasteiger partial charge in [0.1, 0.15) is 0 Å². The molecule has 4 aromatic rings. The molecule has 1 fully saturated rings. The Kier molecular flexibility index (Phi) is 7.57. The first-order chi connectivity index (χ1) is 17.6. The van der Waals surface area contributed by atoms with Gasteiger partial charge in [0.25, 0.3) is 0 Å². The number of aliphatic hydroxyl groups excluding tert-OH is 1. The van der Waals surface area contributed by atoms with Crippen molar-refractivity contribution < 1.29 is 5.11 Å². The number of hydrogen-bond donors (Lipinski definition) is 2. The minimum Gasteiger partial charge on any atom is -0.392 e. The van der Waals surface area contributed by atoms with Crippen molar-refractivity contribution in [3.8, 4) is 0 Å². The molecule has 0 bridgehead atoms. The van der Waals surface area contributed by atoms with E-state index in [2.05, 4.69) is 108 Å². The lowest BCUT2D eigenvalue weighted by Gasteiger charge is -2.44. The van der Waals surface area contributed by atoms with Crippen LogP contribution in [0.4, 0.5) is 0 Å². The standard InChI is InChI=1S/C33H34ClNO/c34-30-18-16-29(17-19-30)33(27-12-6-2-7-13-27,28-14-8-3-9-15-28)21-20-31(36)32(22-24-35-25-23-32)26-10-4-1-5-11-26/h1-19,31,35-36H,20-25H2. The number of nitrogens with one attached hydrogen (secondary N) is 1. The van der Waals surface area contributed by atoms with E-state index in [9.17, 15) is 5.11 Å². The maximum absolute atomic E-state index is 12.0. The van der Waals surface area contributed by atoms with Crippen LogP contribution in [-0.4, -0.2) is 24.3 Å². The molecule has 2 N–H and O–H groups in total. The quantitative estimate of drug-likeness (QED) is 0.255. The lowest BCUT2D eigenvalue weighted by atomic mass is 9.63. The third-order valence-electron chi connectivity index (χ3n) is 8.15. The van der Waals surface area contributed by atoms with E-state index < -0.39 is 11.5 Å². The third-order valence-corrected chi connectivity index (χ3v) is 8.40. The van der Waals surface area contributed by atoms with Crippen LogP contribution in [0.3, 0.4) is 0 Å². The van der Waals surface area contributed by atoms with Crippen molar-refractivity contribution in [2.45, 2.75) is 42.6 Å². The van der Waals surface area contributed by atoms with E-state index in [4.69, 9.17) is 11.6 Å². The average Bonchev–Trinajstić information content (AvgIpc) is 2.96. The second-order valence-corrected chi connectivity index (χ2v) is 10.4. The molecule has 184 valence electrons. The Balaban J connectivity index is 1.59. The van der Waals surface area contributed by atoms with Crippen LogP contribution < -0.4 is 5.32 Å². The first-order valence-electron chi connectivity index (χ1n) is 13.0. The Morgan fingerprint density at radius 1 is 0.694 bits per heavy atom. The highest BCUT2D eigenvalue weighted by Gasteiger charge is 2.43. The molecule has 3 heteroatoms. The molecule has 4 aromatic carbocycles. The average molecular weight is 496 g/mol. The molecule has 5 rings (SSSR count). The molecule has 1 unspecified atom stereocenters. The van der Waals surface area contributed by atoms with Gasteiger partial charge in [-0.15, -0.1) is 0 Å². The van der Waals surface area contributed by atoms with E-state index >= 15 is 0 Å². The fourth-order valence-corrected chi connectivity index (χ4v) is 6.33. The monoisotopic (exact) mass is 495 g/mol. The van der Waals surface area contributed by atoms with Gasteiger partial charge in [-0.1, -0.05) is 115 Å². The van der Waals surface area contributed by atoms with Crippen LogP contribution in [0.5, 0.6) is 0 Å².